The minimum atomic E-state index is -0.994. The van der Waals surface area contributed by atoms with Gasteiger partial charge in [0.2, 0.25) is 0 Å². The van der Waals surface area contributed by atoms with E-state index in [0.717, 1.165) is 0 Å². The number of carbonyl (C=O) groups excluding carboxylic acids is 2. The van der Waals surface area contributed by atoms with Crippen LogP contribution in [0.4, 0.5) is 5.69 Å². The Balaban J connectivity index is 1.99. The molecule has 23 heavy (non-hydrogen) atoms. The van der Waals surface area contributed by atoms with Gasteiger partial charge in [0.15, 0.2) is 6.10 Å². The Morgan fingerprint density at radius 3 is 2.48 bits per heavy atom. The van der Waals surface area contributed by atoms with Gasteiger partial charge in [-0.1, -0.05) is 5.16 Å². The van der Waals surface area contributed by atoms with E-state index in [2.05, 4.69) is 10.5 Å². The summed E-state index contributed by atoms with van der Waals surface area (Å²) in [5.74, 6) is -0.800. The van der Waals surface area contributed by atoms with E-state index in [1.165, 1.54) is 6.92 Å². The van der Waals surface area contributed by atoms with E-state index in [4.69, 9.17) is 14.5 Å². The summed E-state index contributed by atoms with van der Waals surface area (Å²) >= 11 is 0. The minimum Gasteiger partial charge on any atom is -0.449 e. The zero-order valence-electron chi connectivity index (χ0n) is 12.9. The molecule has 0 fully saturated rings. The van der Waals surface area contributed by atoms with Crippen LogP contribution in [0.2, 0.25) is 0 Å². The number of nitrogens with zero attached hydrogens (tertiary/aromatic N) is 2. The highest BCUT2D eigenvalue weighted by molar-refractivity contribution is 5.98. The number of amides is 1. The second kappa shape index (κ2) is 6.75. The number of aryl methyl sites for hydroxylation is 2. The van der Waals surface area contributed by atoms with E-state index in [1.54, 1.807) is 38.1 Å². The summed E-state index contributed by atoms with van der Waals surface area (Å²) in [6.45, 7) is 4.68. The second-order valence-corrected chi connectivity index (χ2v) is 4.93. The normalized spacial score (nSPS) is 11.4. The molecule has 1 atom stereocenters. The monoisotopic (exact) mass is 313 g/mol. The van der Waals surface area contributed by atoms with Gasteiger partial charge in [0, 0.05) is 5.69 Å². The SMILES string of the molecule is Cc1noc(C)c1C(=O)O[C@H](C)C(=O)Nc1ccc(C#N)cc1. The van der Waals surface area contributed by atoms with E-state index in [1.807, 2.05) is 6.07 Å². The van der Waals surface area contributed by atoms with Crippen molar-refractivity contribution in [2.24, 2.45) is 0 Å². The summed E-state index contributed by atoms with van der Waals surface area (Å²) in [4.78, 5) is 24.1. The number of benzene rings is 1. The number of ether oxygens (including phenoxy) is 1. The number of anilines is 1. The first-order chi connectivity index (χ1) is 10.9. The van der Waals surface area contributed by atoms with Gasteiger partial charge in [-0.15, -0.1) is 0 Å². The maximum atomic E-state index is 12.1. The lowest BCUT2D eigenvalue weighted by atomic mass is 10.2. The smallest absolute Gasteiger partial charge is 0.344 e. The van der Waals surface area contributed by atoms with Gasteiger partial charge < -0.3 is 14.6 Å². The molecule has 0 aliphatic rings. The van der Waals surface area contributed by atoms with Crippen LogP contribution in [-0.2, 0) is 9.53 Å². The van der Waals surface area contributed by atoms with Crippen molar-refractivity contribution < 1.29 is 18.8 Å². The van der Waals surface area contributed by atoms with Crippen LogP contribution in [0.1, 0.15) is 34.3 Å². The summed E-state index contributed by atoms with van der Waals surface area (Å²) in [5.41, 5.74) is 1.63. The predicted octanol–water partition coefficient (Wildman–Crippen LogP) is 2.35. The van der Waals surface area contributed by atoms with Gasteiger partial charge in [0.25, 0.3) is 5.91 Å². The van der Waals surface area contributed by atoms with Crippen LogP contribution in [0.25, 0.3) is 0 Å². The van der Waals surface area contributed by atoms with Crippen molar-refractivity contribution in [2.45, 2.75) is 26.9 Å². The average Bonchev–Trinajstić information content (AvgIpc) is 2.86. The van der Waals surface area contributed by atoms with Gasteiger partial charge in [-0.25, -0.2) is 4.79 Å². The lowest BCUT2D eigenvalue weighted by Crippen LogP contribution is -2.30. The quantitative estimate of drug-likeness (QED) is 0.869. The van der Waals surface area contributed by atoms with Gasteiger partial charge in [0.1, 0.15) is 11.3 Å². The number of nitriles is 1. The maximum absolute atomic E-state index is 12.1. The number of carbonyl (C=O) groups is 2. The lowest BCUT2D eigenvalue weighted by Gasteiger charge is -2.13. The molecule has 1 heterocycles. The Kier molecular flexibility index (Phi) is 4.76. The van der Waals surface area contributed by atoms with Crippen LogP contribution in [-0.4, -0.2) is 23.1 Å². The lowest BCUT2D eigenvalue weighted by molar-refractivity contribution is -0.123. The highest BCUT2D eigenvalue weighted by Gasteiger charge is 2.24. The van der Waals surface area contributed by atoms with Gasteiger partial charge in [0.05, 0.1) is 17.3 Å². The van der Waals surface area contributed by atoms with Crippen molar-refractivity contribution in [3.05, 3.63) is 46.8 Å². The molecule has 7 heteroatoms. The highest BCUT2D eigenvalue weighted by Crippen LogP contribution is 2.15. The summed E-state index contributed by atoms with van der Waals surface area (Å²) in [5, 5.41) is 15.0. The molecule has 2 aromatic rings. The number of rotatable bonds is 4. The fourth-order valence-electron chi connectivity index (χ4n) is 1.92. The van der Waals surface area contributed by atoms with Crippen molar-refractivity contribution >= 4 is 17.6 Å². The zero-order chi connectivity index (χ0) is 17.0. The summed E-state index contributed by atoms with van der Waals surface area (Å²) in [7, 11) is 0. The van der Waals surface area contributed by atoms with Crippen LogP contribution in [0.5, 0.6) is 0 Å². The van der Waals surface area contributed by atoms with Crippen LogP contribution in [0, 0.1) is 25.2 Å². The second-order valence-electron chi connectivity index (χ2n) is 4.93. The third-order valence-corrected chi connectivity index (χ3v) is 3.17. The van der Waals surface area contributed by atoms with E-state index < -0.39 is 18.0 Å². The van der Waals surface area contributed by atoms with Crippen molar-refractivity contribution in [3.8, 4) is 6.07 Å². The van der Waals surface area contributed by atoms with Gasteiger partial charge >= 0.3 is 5.97 Å². The molecular formula is C16H15N3O4. The third-order valence-electron chi connectivity index (χ3n) is 3.17. The van der Waals surface area contributed by atoms with Crippen LogP contribution >= 0.6 is 0 Å². The van der Waals surface area contributed by atoms with Crippen molar-refractivity contribution in [1.82, 2.24) is 5.16 Å². The maximum Gasteiger partial charge on any atom is 0.344 e. The Morgan fingerprint density at radius 1 is 1.30 bits per heavy atom. The molecule has 2 rings (SSSR count). The first kappa shape index (κ1) is 16.2. The van der Waals surface area contributed by atoms with E-state index in [9.17, 15) is 9.59 Å². The number of esters is 1. The fraction of sp³-hybridized carbons (Fsp3) is 0.250. The van der Waals surface area contributed by atoms with E-state index in [-0.39, 0.29) is 5.56 Å². The first-order valence-corrected chi connectivity index (χ1v) is 6.87. The molecule has 118 valence electrons. The van der Waals surface area contributed by atoms with Crippen molar-refractivity contribution in [3.63, 3.8) is 0 Å². The minimum absolute atomic E-state index is 0.225. The van der Waals surface area contributed by atoms with Gasteiger partial charge in [-0.05, 0) is 45.0 Å². The molecule has 0 unspecified atom stereocenters. The molecule has 1 aromatic carbocycles. The molecule has 1 N–H and O–H groups in total. The molecule has 1 aromatic heterocycles. The number of hydrogen-bond acceptors (Lipinski definition) is 6. The number of aromatic nitrogens is 1. The zero-order valence-corrected chi connectivity index (χ0v) is 12.9. The molecule has 0 aliphatic heterocycles. The summed E-state index contributed by atoms with van der Waals surface area (Å²) in [6.07, 6.45) is -0.994. The molecule has 0 spiro atoms. The fourth-order valence-corrected chi connectivity index (χ4v) is 1.92. The highest BCUT2D eigenvalue weighted by atomic mass is 16.5. The Labute approximate surface area is 132 Å². The van der Waals surface area contributed by atoms with Crippen molar-refractivity contribution in [1.29, 1.82) is 5.26 Å². The largest absolute Gasteiger partial charge is 0.449 e. The molecular weight excluding hydrogens is 298 g/mol. The molecule has 0 bridgehead atoms. The van der Waals surface area contributed by atoms with E-state index >= 15 is 0 Å². The number of hydrogen-bond donors (Lipinski definition) is 1. The van der Waals surface area contributed by atoms with Crippen LogP contribution < -0.4 is 5.32 Å². The summed E-state index contributed by atoms with van der Waals surface area (Å²) < 4.78 is 10.0. The summed E-state index contributed by atoms with van der Waals surface area (Å²) in [6, 6.07) is 8.34. The standard InChI is InChI=1S/C16H15N3O4/c1-9-14(10(2)23-19-9)16(21)22-11(3)15(20)18-13-6-4-12(8-17)5-7-13/h4-7,11H,1-3H3,(H,18,20)/t11-/m1/s1. The van der Waals surface area contributed by atoms with Gasteiger partial charge in [-0.2, -0.15) is 5.26 Å². The average molecular weight is 313 g/mol. The Hall–Kier alpha value is -3.14. The molecule has 0 saturated heterocycles. The Bertz CT molecular complexity index is 752. The first-order valence-electron chi connectivity index (χ1n) is 6.87. The number of nitrogens with one attached hydrogen (secondary N) is 1. The molecule has 1 amide bonds. The van der Waals surface area contributed by atoms with Crippen molar-refractivity contribution in [2.75, 3.05) is 5.32 Å². The van der Waals surface area contributed by atoms with E-state index in [0.29, 0.717) is 22.7 Å². The topological polar surface area (TPSA) is 105 Å². The van der Waals surface area contributed by atoms with Crippen LogP contribution in [0.15, 0.2) is 28.8 Å². The molecule has 0 radical (unpaired) electrons. The molecule has 7 nitrogen and oxygen atoms in total. The van der Waals surface area contributed by atoms with Gasteiger partial charge in [-0.3, -0.25) is 4.79 Å². The molecule has 0 saturated carbocycles. The third kappa shape index (κ3) is 3.74. The molecule has 0 aliphatic carbocycles. The predicted molar refractivity (Wildman–Crippen MR) is 80.6 cm³/mol. The Morgan fingerprint density at radius 2 is 1.96 bits per heavy atom. The van der Waals surface area contributed by atoms with Crippen LogP contribution in [0.3, 0.4) is 0 Å².